The van der Waals surface area contributed by atoms with Gasteiger partial charge in [0.1, 0.15) is 0 Å². The maximum absolute atomic E-state index is 11.7. The third kappa shape index (κ3) is 3.27. The highest BCUT2D eigenvalue weighted by Crippen LogP contribution is 2.11. The van der Waals surface area contributed by atoms with E-state index < -0.39 is 5.97 Å². The molecule has 0 spiro atoms. The number of carbonyl (C=O) groups excluding carboxylic acids is 1. The Morgan fingerprint density at radius 2 is 2.24 bits per heavy atom. The minimum Gasteiger partial charge on any atom is -0.464 e. The van der Waals surface area contributed by atoms with Crippen LogP contribution in [-0.4, -0.2) is 44.4 Å². The van der Waals surface area contributed by atoms with Gasteiger partial charge in [0.2, 0.25) is 0 Å². The molecule has 8 nitrogen and oxygen atoms in total. The third-order valence-electron chi connectivity index (χ3n) is 3.10. The normalized spacial score (nSPS) is 11.1. The second-order valence-electron chi connectivity index (χ2n) is 4.95. The Kier molecular flexibility index (Phi) is 4.69. The van der Waals surface area contributed by atoms with Gasteiger partial charge in [0, 0.05) is 18.7 Å². The van der Waals surface area contributed by atoms with E-state index in [1.54, 1.807) is 4.68 Å². The zero-order valence-corrected chi connectivity index (χ0v) is 12.5. The van der Waals surface area contributed by atoms with Gasteiger partial charge in [-0.2, -0.15) is 5.10 Å². The van der Waals surface area contributed by atoms with Crippen molar-refractivity contribution in [1.29, 1.82) is 0 Å². The molecule has 2 aromatic heterocycles. The van der Waals surface area contributed by atoms with Crippen LogP contribution in [0.4, 0.5) is 0 Å². The van der Waals surface area contributed by atoms with Crippen LogP contribution in [0, 0.1) is 0 Å². The highest BCUT2D eigenvalue weighted by molar-refractivity contribution is 5.88. The molecule has 0 aliphatic rings. The number of methoxy groups -OCH3 is 1. The summed E-state index contributed by atoms with van der Waals surface area (Å²) in [5.74, 6) is -0.502. The molecule has 0 atom stereocenters. The minimum atomic E-state index is -0.502. The summed E-state index contributed by atoms with van der Waals surface area (Å²) < 4.78 is 8.22. The zero-order valence-electron chi connectivity index (χ0n) is 12.5. The first kappa shape index (κ1) is 15.2. The van der Waals surface area contributed by atoms with E-state index in [2.05, 4.69) is 29.3 Å². The van der Waals surface area contributed by atoms with Crippen molar-refractivity contribution in [3.05, 3.63) is 29.3 Å². The van der Waals surface area contributed by atoms with Gasteiger partial charge in [-0.15, -0.1) is 5.10 Å². The molecular formula is C13H20N6O2. The largest absolute Gasteiger partial charge is 0.464 e. The molecule has 114 valence electrons. The Morgan fingerprint density at radius 3 is 2.81 bits per heavy atom. The van der Waals surface area contributed by atoms with E-state index in [0.717, 1.165) is 5.69 Å². The Labute approximate surface area is 122 Å². The van der Waals surface area contributed by atoms with Crippen molar-refractivity contribution >= 4 is 5.97 Å². The Balaban J connectivity index is 2.26. The molecule has 0 aliphatic heterocycles. The fourth-order valence-electron chi connectivity index (χ4n) is 2.00. The summed E-state index contributed by atoms with van der Waals surface area (Å²) in [6.07, 6.45) is 2.42. The fraction of sp³-hybridized carbons (Fsp3) is 0.538. The van der Waals surface area contributed by atoms with E-state index in [1.165, 1.54) is 7.11 Å². The molecule has 0 saturated heterocycles. The maximum Gasteiger partial charge on any atom is 0.360 e. The molecule has 0 fully saturated rings. The average molecular weight is 292 g/mol. The summed E-state index contributed by atoms with van der Waals surface area (Å²) in [6, 6.07) is 2.22. The van der Waals surface area contributed by atoms with E-state index in [0.29, 0.717) is 31.2 Å². The molecule has 2 rings (SSSR count). The second-order valence-corrected chi connectivity index (χ2v) is 4.95. The van der Waals surface area contributed by atoms with Crippen LogP contribution in [0.25, 0.3) is 0 Å². The number of ether oxygens (including phenoxy) is 1. The standard InChI is InChI=1S/C13H20N6O2/c1-9(2)18-7-5-10(16-18)8-19-11(4-6-14)12(15-17-19)13(20)21-3/h5,7,9H,4,6,8,14H2,1-3H3. The molecule has 2 aromatic rings. The molecule has 0 saturated carbocycles. The van der Waals surface area contributed by atoms with E-state index in [9.17, 15) is 4.79 Å². The molecule has 0 bridgehead atoms. The van der Waals surface area contributed by atoms with Crippen molar-refractivity contribution in [2.75, 3.05) is 13.7 Å². The van der Waals surface area contributed by atoms with Crippen molar-refractivity contribution in [3.63, 3.8) is 0 Å². The summed E-state index contributed by atoms with van der Waals surface area (Å²) >= 11 is 0. The first-order valence-corrected chi connectivity index (χ1v) is 6.81. The fourth-order valence-corrected chi connectivity index (χ4v) is 2.00. The lowest BCUT2D eigenvalue weighted by atomic mass is 10.2. The van der Waals surface area contributed by atoms with Crippen molar-refractivity contribution in [2.24, 2.45) is 5.73 Å². The monoisotopic (exact) mass is 292 g/mol. The summed E-state index contributed by atoms with van der Waals surface area (Å²) in [5, 5.41) is 12.4. The van der Waals surface area contributed by atoms with Gasteiger partial charge < -0.3 is 10.5 Å². The summed E-state index contributed by atoms with van der Waals surface area (Å²) in [7, 11) is 1.32. The van der Waals surface area contributed by atoms with Crippen LogP contribution in [0.2, 0.25) is 0 Å². The van der Waals surface area contributed by atoms with Crippen LogP contribution < -0.4 is 5.73 Å². The summed E-state index contributed by atoms with van der Waals surface area (Å²) in [6.45, 7) is 4.96. The lowest BCUT2D eigenvalue weighted by Crippen LogP contribution is -2.15. The zero-order chi connectivity index (χ0) is 15.4. The molecule has 0 radical (unpaired) electrons. The highest BCUT2D eigenvalue weighted by atomic mass is 16.5. The second kappa shape index (κ2) is 6.49. The topological polar surface area (TPSA) is 101 Å². The van der Waals surface area contributed by atoms with Gasteiger partial charge >= 0.3 is 5.97 Å². The molecule has 0 aromatic carbocycles. The van der Waals surface area contributed by atoms with Crippen molar-refractivity contribution in [1.82, 2.24) is 24.8 Å². The maximum atomic E-state index is 11.7. The van der Waals surface area contributed by atoms with Crippen LogP contribution >= 0.6 is 0 Å². The van der Waals surface area contributed by atoms with E-state index in [4.69, 9.17) is 10.5 Å². The molecule has 0 aliphatic carbocycles. The van der Waals surface area contributed by atoms with Gasteiger partial charge in [-0.3, -0.25) is 4.68 Å². The summed E-state index contributed by atoms with van der Waals surface area (Å²) in [4.78, 5) is 11.7. The number of rotatable bonds is 6. The Hall–Kier alpha value is -2.22. The van der Waals surface area contributed by atoms with Crippen molar-refractivity contribution in [2.45, 2.75) is 32.9 Å². The SMILES string of the molecule is COC(=O)c1nnn(Cc2ccn(C(C)C)n2)c1CCN. The van der Waals surface area contributed by atoms with E-state index >= 15 is 0 Å². The van der Waals surface area contributed by atoms with E-state index in [-0.39, 0.29) is 5.69 Å². The Morgan fingerprint density at radius 1 is 1.48 bits per heavy atom. The third-order valence-corrected chi connectivity index (χ3v) is 3.10. The first-order valence-electron chi connectivity index (χ1n) is 6.81. The average Bonchev–Trinajstić information content (AvgIpc) is 3.07. The van der Waals surface area contributed by atoms with Gasteiger partial charge in [-0.1, -0.05) is 5.21 Å². The van der Waals surface area contributed by atoms with Crippen LogP contribution in [0.5, 0.6) is 0 Å². The molecule has 0 amide bonds. The minimum absolute atomic E-state index is 0.214. The lowest BCUT2D eigenvalue weighted by Gasteiger charge is -2.06. The van der Waals surface area contributed by atoms with Crippen LogP contribution in [0.15, 0.2) is 12.3 Å². The van der Waals surface area contributed by atoms with Gasteiger partial charge in [0.25, 0.3) is 0 Å². The molecule has 21 heavy (non-hydrogen) atoms. The van der Waals surface area contributed by atoms with Gasteiger partial charge in [-0.25, -0.2) is 9.48 Å². The van der Waals surface area contributed by atoms with Gasteiger partial charge in [-0.05, 0) is 26.5 Å². The first-order chi connectivity index (χ1) is 10.1. The number of nitrogens with zero attached hydrogens (tertiary/aromatic N) is 5. The number of nitrogens with two attached hydrogens (primary N) is 1. The number of esters is 1. The number of carbonyl (C=O) groups is 1. The predicted molar refractivity (Wildman–Crippen MR) is 75.8 cm³/mol. The van der Waals surface area contributed by atoms with Gasteiger partial charge in [0.15, 0.2) is 5.69 Å². The molecule has 0 unspecified atom stereocenters. The molecule has 8 heteroatoms. The number of aromatic nitrogens is 5. The van der Waals surface area contributed by atoms with Gasteiger partial charge in [0.05, 0.1) is 25.0 Å². The summed E-state index contributed by atoms with van der Waals surface area (Å²) in [5.41, 5.74) is 7.33. The quantitative estimate of drug-likeness (QED) is 0.773. The number of hydrogen-bond acceptors (Lipinski definition) is 6. The van der Waals surface area contributed by atoms with Crippen LogP contribution in [0.3, 0.4) is 0 Å². The molecule has 2 N–H and O–H groups in total. The van der Waals surface area contributed by atoms with Crippen molar-refractivity contribution < 1.29 is 9.53 Å². The predicted octanol–water partition coefficient (Wildman–Crippen LogP) is 0.392. The lowest BCUT2D eigenvalue weighted by molar-refractivity contribution is 0.0592. The van der Waals surface area contributed by atoms with Crippen LogP contribution in [0.1, 0.15) is 41.8 Å². The van der Waals surface area contributed by atoms with E-state index in [1.807, 2.05) is 16.9 Å². The van der Waals surface area contributed by atoms with Crippen LogP contribution in [-0.2, 0) is 17.7 Å². The van der Waals surface area contributed by atoms with Crippen molar-refractivity contribution in [3.8, 4) is 0 Å². The molecule has 2 heterocycles. The smallest absolute Gasteiger partial charge is 0.360 e. The molecular weight excluding hydrogens is 272 g/mol. The number of hydrogen-bond donors (Lipinski definition) is 1. The highest BCUT2D eigenvalue weighted by Gasteiger charge is 2.20. The Bertz CT molecular complexity index is 616.